The molecular formula is C11H19N2O3+. The molecule has 0 aromatic rings. The molecule has 1 rings (SSSR count). The van der Waals surface area contributed by atoms with E-state index in [2.05, 4.69) is 18.3 Å². The van der Waals surface area contributed by atoms with Gasteiger partial charge in [0.1, 0.15) is 0 Å². The van der Waals surface area contributed by atoms with Crippen LogP contribution in [0.1, 0.15) is 13.8 Å². The Morgan fingerprint density at radius 3 is 2.44 bits per heavy atom. The van der Waals surface area contributed by atoms with Crippen molar-refractivity contribution in [1.82, 2.24) is 0 Å². The Morgan fingerprint density at radius 1 is 1.50 bits per heavy atom. The van der Waals surface area contributed by atoms with Crippen molar-refractivity contribution in [1.29, 1.82) is 0 Å². The van der Waals surface area contributed by atoms with E-state index in [0.717, 1.165) is 0 Å². The van der Waals surface area contributed by atoms with E-state index in [1.54, 1.807) is 11.5 Å². The second-order valence-electron chi connectivity index (χ2n) is 3.92. The summed E-state index contributed by atoms with van der Waals surface area (Å²) in [7, 11) is 2.97. The molecule has 90 valence electrons. The van der Waals surface area contributed by atoms with Crippen LogP contribution < -0.4 is 0 Å². The third kappa shape index (κ3) is 2.01. The Labute approximate surface area is 95.7 Å². The molecule has 0 heterocycles. The van der Waals surface area contributed by atoms with Crippen LogP contribution in [0.2, 0.25) is 0 Å². The summed E-state index contributed by atoms with van der Waals surface area (Å²) >= 11 is 0. The first kappa shape index (κ1) is 12.9. The molecule has 3 unspecified atom stereocenters. The Morgan fingerprint density at radius 2 is 2.06 bits per heavy atom. The van der Waals surface area contributed by atoms with E-state index in [0.29, 0.717) is 11.7 Å². The van der Waals surface area contributed by atoms with Crippen LogP contribution in [0.25, 0.3) is 0 Å². The predicted octanol–water partition coefficient (Wildman–Crippen LogP) is 0.589. The van der Waals surface area contributed by atoms with Crippen molar-refractivity contribution in [2.45, 2.75) is 25.7 Å². The van der Waals surface area contributed by atoms with Gasteiger partial charge in [-0.25, -0.2) is 4.58 Å². The molecular weight excluding hydrogens is 208 g/mol. The van der Waals surface area contributed by atoms with Crippen LogP contribution in [-0.2, 0) is 9.47 Å². The molecule has 5 heteroatoms. The zero-order valence-corrected chi connectivity index (χ0v) is 10.2. The molecule has 5 nitrogen and oxygen atoms in total. The fourth-order valence-electron chi connectivity index (χ4n) is 1.78. The number of aliphatic imine (C=N–C) groups is 1. The summed E-state index contributed by atoms with van der Waals surface area (Å²) < 4.78 is 11.5. The van der Waals surface area contributed by atoms with Gasteiger partial charge in [0.25, 0.3) is 5.84 Å². The van der Waals surface area contributed by atoms with E-state index < -0.39 is 5.79 Å². The SMILES string of the molecule is C=C(N=C(C)[N+](=C)C1C(C)C1(O)OC)OC. The van der Waals surface area contributed by atoms with Gasteiger partial charge in [-0.3, -0.25) is 0 Å². The molecule has 0 aromatic heterocycles. The average molecular weight is 227 g/mol. The highest BCUT2D eigenvalue weighted by atomic mass is 16.6. The summed E-state index contributed by atoms with van der Waals surface area (Å²) in [5.74, 6) is -0.208. The third-order valence-corrected chi connectivity index (χ3v) is 3.04. The highest BCUT2D eigenvalue weighted by Gasteiger charge is 2.68. The van der Waals surface area contributed by atoms with Crippen LogP contribution in [0.4, 0.5) is 0 Å². The molecule has 16 heavy (non-hydrogen) atoms. The summed E-state index contributed by atoms with van der Waals surface area (Å²) in [5, 5.41) is 9.96. The largest absolute Gasteiger partial charge is 0.463 e. The fraction of sp³-hybridized carbons (Fsp3) is 0.636. The molecule has 1 aliphatic rings. The average Bonchev–Trinajstić information content (AvgIpc) is 2.81. The van der Waals surface area contributed by atoms with Crippen molar-refractivity contribution in [2.75, 3.05) is 14.2 Å². The second kappa shape index (κ2) is 4.35. The molecule has 1 N–H and O–H groups in total. The van der Waals surface area contributed by atoms with Gasteiger partial charge in [0, 0.05) is 14.0 Å². The number of ether oxygens (including phenoxy) is 2. The van der Waals surface area contributed by atoms with Crippen LogP contribution in [0.15, 0.2) is 17.5 Å². The molecule has 0 saturated heterocycles. The highest BCUT2D eigenvalue weighted by molar-refractivity contribution is 5.74. The number of hydrogen-bond acceptors (Lipinski definition) is 4. The van der Waals surface area contributed by atoms with Crippen LogP contribution in [0, 0.1) is 5.92 Å². The van der Waals surface area contributed by atoms with Gasteiger partial charge in [-0.15, -0.1) is 0 Å². The Bertz CT molecular complexity index is 351. The summed E-state index contributed by atoms with van der Waals surface area (Å²) in [5.41, 5.74) is 0. The Hall–Kier alpha value is -1.20. The summed E-state index contributed by atoms with van der Waals surface area (Å²) in [6, 6.07) is -0.189. The van der Waals surface area contributed by atoms with Gasteiger partial charge in [-0.05, 0) is 11.6 Å². The predicted molar refractivity (Wildman–Crippen MR) is 61.6 cm³/mol. The maximum absolute atomic E-state index is 9.96. The molecule has 1 saturated carbocycles. The second-order valence-corrected chi connectivity index (χ2v) is 3.92. The Kier molecular flexibility index (Phi) is 3.50. The number of rotatable bonds is 4. The molecule has 1 aliphatic carbocycles. The van der Waals surface area contributed by atoms with Crippen molar-refractivity contribution in [3.8, 4) is 0 Å². The van der Waals surface area contributed by atoms with E-state index in [4.69, 9.17) is 9.47 Å². The molecule has 0 radical (unpaired) electrons. The standard InChI is InChI=1S/C11H19N2O3/c1-7-10(11(7,14)16-6)13(4)8(2)12-9(3)15-5/h7,10,14H,3-4H2,1-2,5-6H3/q+1. The van der Waals surface area contributed by atoms with Crippen LogP contribution in [0.5, 0.6) is 0 Å². The summed E-state index contributed by atoms with van der Waals surface area (Å²) in [6.07, 6.45) is 0. The first-order chi connectivity index (χ1) is 7.38. The lowest BCUT2D eigenvalue weighted by Gasteiger charge is -2.07. The molecule has 0 aromatic carbocycles. The topological polar surface area (TPSA) is 54.1 Å². The maximum atomic E-state index is 9.96. The zero-order chi connectivity index (χ0) is 12.5. The number of hydrogen-bond donors (Lipinski definition) is 1. The van der Waals surface area contributed by atoms with Crippen LogP contribution in [0.3, 0.4) is 0 Å². The van der Waals surface area contributed by atoms with Crippen molar-refractivity contribution >= 4 is 12.6 Å². The molecule has 0 spiro atoms. The summed E-state index contributed by atoms with van der Waals surface area (Å²) in [6.45, 7) is 11.1. The summed E-state index contributed by atoms with van der Waals surface area (Å²) in [4.78, 5) is 4.09. The smallest absolute Gasteiger partial charge is 0.320 e. The van der Waals surface area contributed by atoms with Crippen molar-refractivity contribution in [2.24, 2.45) is 10.9 Å². The number of nitrogens with zero attached hydrogens (tertiary/aromatic N) is 2. The molecule has 1 fully saturated rings. The number of amidine groups is 1. The lowest BCUT2D eigenvalue weighted by Crippen LogP contribution is -2.28. The minimum Gasteiger partial charge on any atom is -0.463 e. The van der Waals surface area contributed by atoms with Crippen molar-refractivity contribution in [3.63, 3.8) is 0 Å². The lowest BCUT2D eigenvalue weighted by atomic mass is 10.4. The zero-order valence-electron chi connectivity index (χ0n) is 10.2. The molecule has 0 aliphatic heterocycles. The number of aliphatic hydroxyl groups is 1. The van der Waals surface area contributed by atoms with E-state index in [1.807, 2.05) is 6.92 Å². The van der Waals surface area contributed by atoms with Gasteiger partial charge < -0.3 is 14.6 Å². The van der Waals surface area contributed by atoms with E-state index >= 15 is 0 Å². The monoisotopic (exact) mass is 227 g/mol. The Balaban J connectivity index is 2.75. The minimum absolute atomic E-state index is 0.00374. The number of methoxy groups -OCH3 is 2. The normalized spacial score (nSPS) is 33.4. The first-order valence-electron chi connectivity index (χ1n) is 5.04. The van der Waals surface area contributed by atoms with Crippen LogP contribution in [-0.4, -0.2) is 48.3 Å². The van der Waals surface area contributed by atoms with E-state index in [1.165, 1.54) is 14.2 Å². The molecule has 0 amide bonds. The lowest BCUT2D eigenvalue weighted by molar-refractivity contribution is -0.441. The van der Waals surface area contributed by atoms with Gasteiger partial charge in [0.15, 0.2) is 6.04 Å². The van der Waals surface area contributed by atoms with Gasteiger partial charge in [-0.1, -0.05) is 6.92 Å². The van der Waals surface area contributed by atoms with E-state index in [9.17, 15) is 5.11 Å². The maximum Gasteiger partial charge on any atom is 0.320 e. The van der Waals surface area contributed by atoms with Gasteiger partial charge in [0.2, 0.25) is 5.79 Å². The molecule has 3 atom stereocenters. The van der Waals surface area contributed by atoms with Crippen LogP contribution >= 0.6 is 0 Å². The van der Waals surface area contributed by atoms with Gasteiger partial charge >= 0.3 is 5.88 Å². The van der Waals surface area contributed by atoms with Crippen molar-refractivity contribution in [3.05, 3.63) is 12.5 Å². The first-order valence-corrected chi connectivity index (χ1v) is 5.04. The van der Waals surface area contributed by atoms with Gasteiger partial charge in [0.05, 0.1) is 19.7 Å². The van der Waals surface area contributed by atoms with Crippen molar-refractivity contribution < 1.29 is 19.2 Å². The highest BCUT2D eigenvalue weighted by Crippen LogP contribution is 2.46. The van der Waals surface area contributed by atoms with E-state index in [-0.39, 0.29) is 12.0 Å². The fourth-order valence-corrected chi connectivity index (χ4v) is 1.78. The molecule has 0 bridgehead atoms. The minimum atomic E-state index is -1.13. The third-order valence-electron chi connectivity index (χ3n) is 3.04. The quantitative estimate of drug-likeness (QED) is 0.251. The van der Waals surface area contributed by atoms with Gasteiger partial charge in [-0.2, -0.15) is 0 Å².